The third-order valence-electron chi connectivity index (χ3n) is 4.32. The molecular formula is C22H29ClO2. The standard InChI is InChI=1S/C22H29ClO2/c1-3-20(25-21-12-5-4-6-13-21)16-18(2)10-7-8-15-24-22-14-9-11-19(23)17-22/h4-6,9,11-14,17-18,20H,3,7-8,10,15-16H2,1-2H3. The van der Waals surface area contributed by atoms with Gasteiger partial charge in [-0.3, -0.25) is 0 Å². The summed E-state index contributed by atoms with van der Waals surface area (Å²) in [6, 6.07) is 17.7. The highest BCUT2D eigenvalue weighted by molar-refractivity contribution is 6.30. The first-order valence-electron chi connectivity index (χ1n) is 9.27. The Morgan fingerprint density at radius 1 is 0.960 bits per heavy atom. The van der Waals surface area contributed by atoms with Crippen molar-refractivity contribution in [2.45, 2.75) is 52.1 Å². The van der Waals surface area contributed by atoms with E-state index in [0.717, 1.165) is 42.4 Å². The first-order chi connectivity index (χ1) is 12.2. The summed E-state index contributed by atoms with van der Waals surface area (Å²) >= 11 is 5.95. The minimum absolute atomic E-state index is 0.292. The molecule has 0 fully saturated rings. The molecule has 0 saturated heterocycles. The van der Waals surface area contributed by atoms with Crippen LogP contribution in [-0.2, 0) is 0 Å². The van der Waals surface area contributed by atoms with Crippen LogP contribution in [0.4, 0.5) is 0 Å². The Balaban J connectivity index is 1.61. The maximum Gasteiger partial charge on any atom is 0.120 e. The molecule has 0 aliphatic carbocycles. The van der Waals surface area contributed by atoms with Crippen molar-refractivity contribution in [3.8, 4) is 11.5 Å². The quantitative estimate of drug-likeness (QED) is 0.411. The second-order valence-corrected chi connectivity index (χ2v) is 7.04. The van der Waals surface area contributed by atoms with Crippen LogP contribution in [0.3, 0.4) is 0 Å². The molecule has 0 radical (unpaired) electrons. The van der Waals surface area contributed by atoms with Gasteiger partial charge in [0, 0.05) is 5.02 Å². The Morgan fingerprint density at radius 2 is 1.72 bits per heavy atom. The molecule has 0 N–H and O–H groups in total. The fourth-order valence-electron chi connectivity index (χ4n) is 2.90. The molecule has 2 nitrogen and oxygen atoms in total. The van der Waals surface area contributed by atoms with Gasteiger partial charge in [-0.15, -0.1) is 0 Å². The van der Waals surface area contributed by atoms with Crippen molar-refractivity contribution in [2.24, 2.45) is 5.92 Å². The summed E-state index contributed by atoms with van der Waals surface area (Å²) in [6.45, 7) is 5.25. The van der Waals surface area contributed by atoms with Crippen LogP contribution in [0, 0.1) is 5.92 Å². The summed E-state index contributed by atoms with van der Waals surface area (Å²) in [4.78, 5) is 0. The molecule has 3 heteroatoms. The largest absolute Gasteiger partial charge is 0.494 e. The lowest BCUT2D eigenvalue weighted by molar-refractivity contribution is 0.162. The molecule has 0 aromatic heterocycles. The number of benzene rings is 2. The highest BCUT2D eigenvalue weighted by atomic mass is 35.5. The highest BCUT2D eigenvalue weighted by Gasteiger charge is 2.13. The van der Waals surface area contributed by atoms with Crippen LogP contribution in [0.2, 0.25) is 5.02 Å². The van der Waals surface area contributed by atoms with E-state index in [1.807, 2.05) is 54.6 Å². The molecule has 0 heterocycles. The van der Waals surface area contributed by atoms with Gasteiger partial charge < -0.3 is 9.47 Å². The van der Waals surface area contributed by atoms with Crippen molar-refractivity contribution >= 4 is 11.6 Å². The van der Waals surface area contributed by atoms with Crippen molar-refractivity contribution in [2.75, 3.05) is 6.61 Å². The number of rotatable bonds is 11. The van der Waals surface area contributed by atoms with E-state index in [0.29, 0.717) is 12.0 Å². The van der Waals surface area contributed by atoms with Gasteiger partial charge >= 0.3 is 0 Å². The topological polar surface area (TPSA) is 18.5 Å². The van der Waals surface area contributed by atoms with Crippen molar-refractivity contribution in [3.05, 3.63) is 59.6 Å². The molecule has 2 rings (SSSR count). The maximum absolute atomic E-state index is 6.09. The van der Waals surface area contributed by atoms with E-state index in [2.05, 4.69) is 13.8 Å². The predicted molar refractivity (Wildman–Crippen MR) is 106 cm³/mol. The van der Waals surface area contributed by atoms with Crippen LogP contribution in [0.5, 0.6) is 11.5 Å². The highest BCUT2D eigenvalue weighted by Crippen LogP contribution is 2.21. The van der Waals surface area contributed by atoms with Gasteiger partial charge in [-0.2, -0.15) is 0 Å². The summed E-state index contributed by atoms with van der Waals surface area (Å²) in [5.74, 6) is 2.47. The van der Waals surface area contributed by atoms with Crippen LogP contribution < -0.4 is 9.47 Å². The zero-order valence-corrected chi connectivity index (χ0v) is 16.0. The van der Waals surface area contributed by atoms with Gasteiger partial charge in [0.1, 0.15) is 11.5 Å². The van der Waals surface area contributed by atoms with Gasteiger partial charge in [0.2, 0.25) is 0 Å². The van der Waals surface area contributed by atoms with Gasteiger partial charge in [-0.1, -0.05) is 56.1 Å². The SMILES string of the molecule is CCC(CC(C)CCCCOc1cccc(Cl)c1)Oc1ccccc1. The Morgan fingerprint density at radius 3 is 2.44 bits per heavy atom. The van der Waals surface area contributed by atoms with Crippen LogP contribution >= 0.6 is 11.6 Å². The molecule has 2 aromatic rings. The summed E-state index contributed by atoms with van der Waals surface area (Å²) < 4.78 is 11.8. The second kappa shape index (κ2) is 11.0. The van der Waals surface area contributed by atoms with Gasteiger partial charge in [0.15, 0.2) is 0 Å². The van der Waals surface area contributed by atoms with E-state index in [-0.39, 0.29) is 0 Å². The lowest BCUT2D eigenvalue weighted by Crippen LogP contribution is -2.19. The van der Waals surface area contributed by atoms with Crippen molar-refractivity contribution in [1.82, 2.24) is 0 Å². The molecule has 2 atom stereocenters. The molecule has 0 amide bonds. The lowest BCUT2D eigenvalue weighted by Gasteiger charge is -2.21. The minimum Gasteiger partial charge on any atom is -0.494 e. The van der Waals surface area contributed by atoms with Crippen LogP contribution in [0.15, 0.2) is 54.6 Å². The number of hydrogen-bond acceptors (Lipinski definition) is 2. The fourth-order valence-corrected chi connectivity index (χ4v) is 3.08. The molecule has 2 unspecified atom stereocenters. The van der Waals surface area contributed by atoms with E-state index in [4.69, 9.17) is 21.1 Å². The van der Waals surface area contributed by atoms with E-state index in [9.17, 15) is 0 Å². The average Bonchev–Trinajstić information content (AvgIpc) is 2.62. The van der Waals surface area contributed by atoms with Gasteiger partial charge in [0.25, 0.3) is 0 Å². The number of para-hydroxylation sites is 1. The average molecular weight is 361 g/mol. The fraction of sp³-hybridized carbons (Fsp3) is 0.455. The van der Waals surface area contributed by atoms with Crippen LogP contribution in [-0.4, -0.2) is 12.7 Å². The molecule has 0 aliphatic rings. The minimum atomic E-state index is 0.292. The van der Waals surface area contributed by atoms with Gasteiger partial charge in [-0.25, -0.2) is 0 Å². The molecular weight excluding hydrogens is 332 g/mol. The van der Waals surface area contributed by atoms with Crippen LogP contribution in [0.25, 0.3) is 0 Å². The third kappa shape index (κ3) is 7.83. The molecule has 0 aliphatic heterocycles. The van der Waals surface area contributed by atoms with Crippen molar-refractivity contribution in [1.29, 1.82) is 0 Å². The third-order valence-corrected chi connectivity index (χ3v) is 4.56. The zero-order valence-electron chi connectivity index (χ0n) is 15.3. The first-order valence-corrected chi connectivity index (χ1v) is 9.65. The Bertz CT molecular complexity index is 600. The second-order valence-electron chi connectivity index (χ2n) is 6.60. The van der Waals surface area contributed by atoms with E-state index < -0.39 is 0 Å². The Kier molecular flexibility index (Phi) is 8.68. The molecule has 0 saturated carbocycles. The van der Waals surface area contributed by atoms with E-state index >= 15 is 0 Å². The monoisotopic (exact) mass is 360 g/mol. The molecule has 0 bridgehead atoms. The van der Waals surface area contributed by atoms with Gasteiger partial charge in [0.05, 0.1) is 12.7 Å². The summed E-state index contributed by atoms with van der Waals surface area (Å²) in [5, 5.41) is 0.718. The normalized spacial score (nSPS) is 13.2. The molecule has 136 valence electrons. The number of ether oxygens (including phenoxy) is 2. The summed E-state index contributed by atoms with van der Waals surface area (Å²) in [6.07, 6.45) is 5.86. The Labute approximate surface area is 157 Å². The van der Waals surface area contributed by atoms with Gasteiger partial charge in [-0.05, 0) is 61.9 Å². The van der Waals surface area contributed by atoms with E-state index in [1.54, 1.807) is 0 Å². The van der Waals surface area contributed by atoms with E-state index in [1.165, 1.54) is 12.8 Å². The smallest absolute Gasteiger partial charge is 0.120 e. The molecule has 0 spiro atoms. The van der Waals surface area contributed by atoms with Crippen molar-refractivity contribution < 1.29 is 9.47 Å². The van der Waals surface area contributed by atoms with Crippen molar-refractivity contribution in [3.63, 3.8) is 0 Å². The first kappa shape index (κ1) is 19.7. The maximum atomic E-state index is 6.09. The summed E-state index contributed by atoms with van der Waals surface area (Å²) in [5.41, 5.74) is 0. The molecule has 2 aromatic carbocycles. The number of hydrogen-bond donors (Lipinski definition) is 0. The summed E-state index contributed by atoms with van der Waals surface area (Å²) in [7, 11) is 0. The number of halogens is 1. The lowest BCUT2D eigenvalue weighted by atomic mass is 9.96. The predicted octanol–water partition coefficient (Wildman–Crippen LogP) is 6.77. The molecule has 25 heavy (non-hydrogen) atoms. The zero-order chi connectivity index (χ0) is 17.9. The number of unbranched alkanes of at least 4 members (excludes halogenated alkanes) is 1. The Hall–Kier alpha value is -1.67. The van der Waals surface area contributed by atoms with Crippen LogP contribution in [0.1, 0.15) is 46.0 Å².